The van der Waals surface area contributed by atoms with Crippen LogP contribution in [0.5, 0.6) is 0 Å². The molecule has 2 aromatic heterocycles. The van der Waals surface area contributed by atoms with Crippen LogP contribution in [0, 0.1) is 13.8 Å². The number of anilines is 1. The molecule has 0 amide bonds. The molecule has 22 heavy (non-hydrogen) atoms. The Bertz CT molecular complexity index is 840. The molecule has 0 radical (unpaired) electrons. The molecule has 1 saturated carbocycles. The van der Waals surface area contributed by atoms with Gasteiger partial charge in [0.05, 0.1) is 5.69 Å². The smallest absolute Gasteiger partial charge is 0.126 e. The number of rotatable bonds is 3. The average molecular weight is 309 g/mol. The summed E-state index contributed by atoms with van der Waals surface area (Å²) in [5.41, 5.74) is 12.9. The van der Waals surface area contributed by atoms with Crippen LogP contribution in [0.15, 0.2) is 35.7 Å². The van der Waals surface area contributed by atoms with Crippen LogP contribution in [0.3, 0.4) is 0 Å². The zero-order chi connectivity index (χ0) is 15.3. The Balaban J connectivity index is 1.76. The predicted molar refractivity (Wildman–Crippen MR) is 93.1 cm³/mol. The minimum atomic E-state index is 0.705. The van der Waals surface area contributed by atoms with Crippen LogP contribution in [0.2, 0.25) is 0 Å². The molecule has 0 spiro atoms. The molecule has 0 aliphatic heterocycles. The van der Waals surface area contributed by atoms with Gasteiger partial charge in [-0.05, 0) is 44.9 Å². The minimum absolute atomic E-state index is 0.705. The summed E-state index contributed by atoms with van der Waals surface area (Å²) < 4.78 is 2.46. The zero-order valence-corrected chi connectivity index (χ0v) is 13.7. The summed E-state index contributed by atoms with van der Waals surface area (Å²) in [4.78, 5) is 4.83. The van der Waals surface area contributed by atoms with Gasteiger partial charge in [-0.3, -0.25) is 0 Å². The monoisotopic (exact) mass is 309 g/mol. The molecule has 4 heteroatoms. The lowest BCUT2D eigenvalue weighted by Gasteiger charge is -2.07. The van der Waals surface area contributed by atoms with Gasteiger partial charge in [0.1, 0.15) is 5.01 Å². The number of para-hydroxylation sites is 1. The number of hydrogen-bond donors (Lipinski definition) is 1. The lowest BCUT2D eigenvalue weighted by atomic mass is 10.2. The number of aryl methyl sites for hydroxylation is 1. The van der Waals surface area contributed by atoms with Crippen LogP contribution < -0.4 is 5.73 Å². The van der Waals surface area contributed by atoms with Crippen LogP contribution in [0.1, 0.15) is 30.3 Å². The van der Waals surface area contributed by atoms with E-state index in [1.807, 2.05) is 24.3 Å². The highest BCUT2D eigenvalue weighted by atomic mass is 32.1. The maximum atomic E-state index is 6.07. The molecule has 0 atom stereocenters. The van der Waals surface area contributed by atoms with Gasteiger partial charge in [0.25, 0.3) is 0 Å². The maximum absolute atomic E-state index is 6.07. The highest BCUT2D eigenvalue weighted by Gasteiger charge is 2.27. The first kappa shape index (κ1) is 13.6. The van der Waals surface area contributed by atoms with E-state index in [0.29, 0.717) is 6.04 Å². The van der Waals surface area contributed by atoms with Gasteiger partial charge >= 0.3 is 0 Å². The van der Waals surface area contributed by atoms with Gasteiger partial charge in [0.15, 0.2) is 0 Å². The van der Waals surface area contributed by atoms with Crippen molar-refractivity contribution in [3.05, 3.63) is 47.1 Å². The summed E-state index contributed by atoms with van der Waals surface area (Å²) in [6.45, 7) is 4.40. The third kappa shape index (κ3) is 2.15. The number of thiazole rings is 1. The fraction of sp³-hybridized carbons (Fsp3) is 0.278. The van der Waals surface area contributed by atoms with E-state index in [1.165, 1.54) is 29.8 Å². The van der Waals surface area contributed by atoms with Gasteiger partial charge < -0.3 is 10.3 Å². The number of aromatic nitrogens is 2. The summed E-state index contributed by atoms with van der Waals surface area (Å²) in [6, 6.07) is 10.9. The van der Waals surface area contributed by atoms with Crippen LogP contribution in [0.4, 0.5) is 5.69 Å². The minimum Gasteiger partial charge on any atom is -0.398 e. The Morgan fingerprint density at radius 1 is 1.18 bits per heavy atom. The Morgan fingerprint density at radius 2 is 1.95 bits per heavy atom. The van der Waals surface area contributed by atoms with Crippen LogP contribution in [-0.2, 0) is 0 Å². The van der Waals surface area contributed by atoms with Crippen molar-refractivity contribution >= 4 is 17.0 Å². The SMILES string of the molecule is Cc1cc(-c2csc(-c3ccccc3N)n2)c(C)n1C1CC1. The second-order valence-electron chi connectivity index (χ2n) is 6.01. The first-order valence-electron chi connectivity index (χ1n) is 7.64. The van der Waals surface area contributed by atoms with Gasteiger partial charge in [0.2, 0.25) is 0 Å². The molecule has 3 aromatic rings. The summed E-state index contributed by atoms with van der Waals surface area (Å²) in [6.07, 6.45) is 2.61. The molecule has 1 aromatic carbocycles. The molecule has 1 aliphatic carbocycles. The molecule has 112 valence electrons. The van der Waals surface area contributed by atoms with Crippen molar-refractivity contribution in [3.63, 3.8) is 0 Å². The topological polar surface area (TPSA) is 43.8 Å². The van der Waals surface area contributed by atoms with Gasteiger partial charge in [0, 0.05) is 39.6 Å². The van der Waals surface area contributed by atoms with Crippen molar-refractivity contribution in [2.75, 3.05) is 5.73 Å². The lowest BCUT2D eigenvalue weighted by Crippen LogP contribution is -1.98. The number of hydrogen-bond acceptors (Lipinski definition) is 3. The van der Waals surface area contributed by atoms with E-state index in [1.54, 1.807) is 11.3 Å². The lowest BCUT2D eigenvalue weighted by molar-refractivity contribution is 0.700. The molecule has 2 heterocycles. The van der Waals surface area contributed by atoms with Crippen molar-refractivity contribution in [1.82, 2.24) is 9.55 Å². The number of benzene rings is 1. The molecule has 1 aliphatic rings. The average Bonchev–Trinajstić information content (AvgIpc) is 3.13. The molecular weight excluding hydrogens is 290 g/mol. The summed E-state index contributed by atoms with van der Waals surface area (Å²) in [5, 5.41) is 3.13. The Kier molecular flexibility index (Phi) is 3.08. The quantitative estimate of drug-likeness (QED) is 0.705. The van der Waals surface area contributed by atoms with Crippen LogP contribution in [0.25, 0.3) is 21.8 Å². The van der Waals surface area contributed by atoms with E-state index in [-0.39, 0.29) is 0 Å². The summed E-state index contributed by atoms with van der Waals surface area (Å²) in [7, 11) is 0. The number of nitrogens with two attached hydrogens (primary N) is 1. The van der Waals surface area contributed by atoms with Crippen molar-refractivity contribution in [2.24, 2.45) is 0 Å². The fourth-order valence-corrected chi connectivity index (χ4v) is 4.01. The van der Waals surface area contributed by atoms with Crippen LogP contribution in [-0.4, -0.2) is 9.55 Å². The van der Waals surface area contributed by atoms with Gasteiger partial charge in [-0.15, -0.1) is 11.3 Å². The van der Waals surface area contributed by atoms with Gasteiger partial charge in [-0.25, -0.2) is 4.98 Å². The Labute approximate surface area is 134 Å². The first-order valence-corrected chi connectivity index (χ1v) is 8.52. The summed E-state index contributed by atoms with van der Waals surface area (Å²) in [5.74, 6) is 0. The molecular formula is C18H19N3S. The van der Waals surface area contributed by atoms with E-state index in [4.69, 9.17) is 10.7 Å². The van der Waals surface area contributed by atoms with Crippen molar-refractivity contribution in [3.8, 4) is 21.8 Å². The van der Waals surface area contributed by atoms with E-state index in [9.17, 15) is 0 Å². The molecule has 0 bridgehead atoms. The molecule has 0 unspecified atom stereocenters. The highest BCUT2D eigenvalue weighted by Crippen LogP contribution is 2.41. The van der Waals surface area contributed by atoms with Crippen molar-refractivity contribution in [1.29, 1.82) is 0 Å². The second-order valence-corrected chi connectivity index (χ2v) is 6.87. The largest absolute Gasteiger partial charge is 0.398 e. The summed E-state index contributed by atoms with van der Waals surface area (Å²) >= 11 is 1.66. The third-order valence-electron chi connectivity index (χ3n) is 4.37. The third-order valence-corrected chi connectivity index (χ3v) is 5.24. The first-order chi connectivity index (χ1) is 10.6. The standard InChI is InChI=1S/C18H19N3S/c1-11-9-15(12(2)21(11)13-7-8-13)17-10-22-18(20-17)14-5-3-4-6-16(14)19/h3-6,9-10,13H,7-8,19H2,1-2H3. The molecule has 1 fully saturated rings. The number of nitrogen functional groups attached to an aromatic ring is 1. The second kappa shape index (κ2) is 4.99. The van der Waals surface area contributed by atoms with Gasteiger partial charge in [-0.1, -0.05) is 12.1 Å². The van der Waals surface area contributed by atoms with E-state index < -0.39 is 0 Å². The van der Waals surface area contributed by atoms with E-state index in [2.05, 4.69) is 29.9 Å². The highest BCUT2D eigenvalue weighted by molar-refractivity contribution is 7.13. The molecule has 0 saturated heterocycles. The normalized spacial score (nSPS) is 14.5. The van der Waals surface area contributed by atoms with E-state index in [0.717, 1.165) is 22.0 Å². The fourth-order valence-electron chi connectivity index (χ4n) is 3.14. The molecule has 2 N–H and O–H groups in total. The Morgan fingerprint density at radius 3 is 2.68 bits per heavy atom. The number of nitrogens with zero attached hydrogens (tertiary/aromatic N) is 2. The Hall–Kier alpha value is -2.07. The van der Waals surface area contributed by atoms with Crippen LogP contribution >= 0.6 is 11.3 Å². The van der Waals surface area contributed by atoms with Crippen molar-refractivity contribution < 1.29 is 0 Å². The maximum Gasteiger partial charge on any atom is 0.126 e. The zero-order valence-electron chi connectivity index (χ0n) is 12.8. The van der Waals surface area contributed by atoms with E-state index >= 15 is 0 Å². The van der Waals surface area contributed by atoms with Gasteiger partial charge in [-0.2, -0.15) is 0 Å². The molecule has 4 rings (SSSR count). The predicted octanol–water partition coefficient (Wildman–Crippen LogP) is 4.81. The van der Waals surface area contributed by atoms with Crippen molar-refractivity contribution in [2.45, 2.75) is 32.7 Å². The molecule has 3 nitrogen and oxygen atoms in total.